The molecule has 0 aliphatic carbocycles. The number of phenolic OH excluding ortho intramolecular Hbond substituents is 1. The summed E-state index contributed by atoms with van der Waals surface area (Å²) in [5.41, 5.74) is 3.60. The van der Waals surface area contributed by atoms with Crippen LogP contribution in [0.15, 0.2) is 60.8 Å². The van der Waals surface area contributed by atoms with Gasteiger partial charge in [-0.3, -0.25) is 4.79 Å². The van der Waals surface area contributed by atoms with Crippen molar-refractivity contribution in [3.63, 3.8) is 0 Å². The Bertz CT molecular complexity index is 1380. The first kappa shape index (κ1) is 23.4. The van der Waals surface area contributed by atoms with Crippen molar-refractivity contribution in [1.29, 1.82) is 0 Å². The fourth-order valence-electron chi connectivity index (χ4n) is 4.56. The topological polar surface area (TPSA) is 102 Å². The number of phenols is 1. The van der Waals surface area contributed by atoms with Gasteiger partial charge in [-0.05, 0) is 53.9 Å². The maximum absolute atomic E-state index is 13.1. The van der Waals surface area contributed by atoms with Crippen LogP contribution in [0.3, 0.4) is 0 Å². The molecule has 36 heavy (non-hydrogen) atoms. The molecule has 1 aromatic heterocycles. The molecule has 0 bridgehead atoms. The summed E-state index contributed by atoms with van der Waals surface area (Å²) in [5, 5.41) is 14.9. The lowest BCUT2D eigenvalue weighted by Gasteiger charge is -2.20. The Kier molecular flexibility index (Phi) is 6.58. The number of carbonyl (C=O) groups is 1. The number of ether oxygens (including phenoxy) is 4. The Morgan fingerprint density at radius 1 is 1.03 bits per heavy atom. The molecule has 8 heteroatoms. The van der Waals surface area contributed by atoms with Crippen LogP contribution < -0.4 is 24.3 Å². The molecule has 3 aromatic carbocycles. The highest BCUT2D eigenvalue weighted by Crippen LogP contribution is 2.43. The van der Waals surface area contributed by atoms with E-state index in [-0.39, 0.29) is 30.8 Å². The molecule has 8 nitrogen and oxygen atoms in total. The smallest absolute Gasteiger partial charge is 0.231 e. The predicted molar refractivity (Wildman–Crippen MR) is 135 cm³/mol. The number of amides is 1. The third-order valence-corrected chi connectivity index (χ3v) is 6.50. The number of methoxy groups -OCH3 is 2. The first-order valence-electron chi connectivity index (χ1n) is 11.7. The number of aromatic hydroxyl groups is 1. The number of H-pyrrole nitrogens is 1. The highest BCUT2D eigenvalue weighted by Gasteiger charge is 2.25. The van der Waals surface area contributed by atoms with Gasteiger partial charge in [0, 0.05) is 47.6 Å². The standard InChI is InChI=1S/C28H28N2O6/c1-33-19-5-3-17(4-6-19)21(23-12-26-27(14-25(23)31)36-16-35-26)13-28(32)29-10-9-18-15-30-24-8-7-20(34-2)11-22(18)24/h3-8,11-12,14-15,21,30-31H,9-10,13,16H2,1-2H3,(H,29,32). The van der Waals surface area contributed by atoms with Crippen LogP contribution >= 0.6 is 0 Å². The van der Waals surface area contributed by atoms with Gasteiger partial charge in [0.05, 0.1) is 14.2 Å². The second kappa shape index (κ2) is 10.1. The second-order valence-electron chi connectivity index (χ2n) is 8.62. The van der Waals surface area contributed by atoms with E-state index in [1.807, 2.05) is 48.7 Å². The van der Waals surface area contributed by atoms with Gasteiger partial charge >= 0.3 is 0 Å². The number of aromatic amines is 1. The molecule has 4 aromatic rings. The fourth-order valence-corrected chi connectivity index (χ4v) is 4.56. The molecule has 1 aliphatic rings. The van der Waals surface area contributed by atoms with Crippen LogP contribution in [0, 0.1) is 0 Å². The number of hydrogen-bond acceptors (Lipinski definition) is 6. The largest absolute Gasteiger partial charge is 0.508 e. The SMILES string of the molecule is COc1ccc(C(CC(=O)NCCc2c[nH]c3ccc(OC)cc23)c2cc3c(cc2O)OCO3)cc1. The lowest BCUT2D eigenvalue weighted by molar-refractivity contribution is -0.121. The molecule has 1 atom stereocenters. The molecule has 1 aliphatic heterocycles. The van der Waals surface area contributed by atoms with Crippen molar-refractivity contribution < 1.29 is 28.8 Å². The molecule has 2 heterocycles. The Morgan fingerprint density at radius 2 is 1.75 bits per heavy atom. The van der Waals surface area contributed by atoms with Gasteiger partial charge in [0.15, 0.2) is 11.5 Å². The molecule has 0 radical (unpaired) electrons. The van der Waals surface area contributed by atoms with Gasteiger partial charge in [-0.1, -0.05) is 12.1 Å². The zero-order valence-corrected chi connectivity index (χ0v) is 20.2. The van der Waals surface area contributed by atoms with Crippen LogP contribution in [-0.4, -0.2) is 43.6 Å². The Balaban J connectivity index is 1.32. The number of hydrogen-bond donors (Lipinski definition) is 3. The number of fused-ring (bicyclic) bond motifs is 2. The Labute approximate surface area is 208 Å². The predicted octanol–water partition coefficient (Wildman–Crippen LogP) is 4.50. The van der Waals surface area contributed by atoms with E-state index in [4.69, 9.17) is 18.9 Å². The molecule has 0 saturated carbocycles. The Morgan fingerprint density at radius 3 is 2.50 bits per heavy atom. The van der Waals surface area contributed by atoms with Gasteiger partial charge in [-0.25, -0.2) is 0 Å². The second-order valence-corrected chi connectivity index (χ2v) is 8.62. The normalized spacial score (nSPS) is 12.9. The molecule has 3 N–H and O–H groups in total. The van der Waals surface area contributed by atoms with Gasteiger partial charge < -0.3 is 34.4 Å². The highest BCUT2D eigenvalue weighted by molar-refractivity contribution is 5.85. The van der Waals surface area contributed by atoms with Gasteiger partial charge in [-0.2, -0.15) is 0 Å². The van der Waals surface area contributed by atoms with E-state index in [1.54, 1.807) is 20.3 Å². The maximum atomic E-state index is 13.1. The van der Waals surface area contributed by atoms with Crippen LogP contribution in [0.2, 0.25) is 0 Å². The van der Waals surface area contributed by atoms with Crippen molar-refractivity contribution in [2.24, 2.45) is 0 Å². The first-order chi connectivity index (χ1) is 17.6. The van der Waals surface area contributed by atoms with Gasteiger partial charge in [0.25, 0.3) is 0 Å². The van der Waals surface area contributed by atoms with Crippen molar-refractivity contribution in [3.05, 3.63) is 77.5 Å². The monoisotopic (exact) mass is 488 g/mol. The third kappa shape index (κ3) is 4.75. The van der Waals surface area contributed by atoms with Gasteiger partial charge in [-0.15, -0.1) is 0 Å². The summed E-state index contributed by atoms with van der Waals surface area (Å²) >= 11 is 0. The third-order valence-electron chi connectivity index (χ3n) is 6.50. The van der Waals surface area contributed by atoms with Crippen molar-refractivity contribution >= 4 is 16.8 Å². The van der Waals surface area contributed by atoms with Crippen LogP contribution in [0.5, 0.6) is 28.7 Å². The zero-order chi connectivity index (χ0) is 25.1. The van der Waals surface area contributed by atoms with Crippen molar-refractivity contribution in [2.45, 2.75) is 18.8 Å². The van der Waals surface area contributed by atoms with Gasteiger partial charge in [0.1, 0.15) is 17.2 Å². The lowest BCUT2D eigenvalue weighted by atomic mass is 9.87. The Hall–Kier alpha value is -4.33. The molecule has 5 rings (SSSR count). The minimum Gasteiger partial charge on any atom is -0.508 e. The molecule has 1 unspecified atom stereocenters. The first-order valence-corrected chi connectivity index (χ1v) is 11.7. The number of aromatic nitrogens is 1. The van der Waals surface area contributed by atoms with Crippen LogP contribution in [0.1, 0.15) is 29.0 Å². The summed E-state index contributed by atoms with van der Waals surface area (Å²) in [6, 6.07) is 16.7. The summed E-state index contributed by atoms with van der Waals surface area (Å²) in [6.45, 7) is 0.580. The summed E-state index contributed by atoms with van der Waals surface area (Å²) in [7, 11) is 3.25. The van der Waals surface area contributed by atoms with Crippen molar-refractivity contribution in [2.75, 3.05) is 27.6 Å². The molecule has 1 amide bonds. The highest BCUT2D eigenvalue weighted by atomic mass is 16.7. The molecule has 186 valence electrons. The molecule has 0 spiro atoms. The molecular weight excluding hydrogens is 460 g/mol. The minimum absolute atomic E-state index is 0.0561. The summed E-state index contributed by atoms with van der Waals surface area (Å²) < 4.78 is 21.5. The maximum Gasteiger partial charge on any atom is 0.231 e. The number of rotatable bonds is 9. The number of carbonyl (C=O) groups excluding carboxylic acids is 1. The van der Waals surface area contributed by atoms with E-state index in [0.717, 1.165) is 27.8 Å². The van der Waals surface area contributed by atoms with Crippen molar-refractivity contribution in [1.82, 2.24) is 10.3 Å². The number of nitrogens with one attached hydrogen (secondary N) is 2. The molecule has 0 saturated heterocycles. The molecule has 0 fully saturated rings. The van der Waals surface area contributed by atoms with Crippen LogP contribution in [-0.2, 0) is 11.2 Å². The zero-order valence-electron chi connectivity index (χ0n) is 20.2. The fraction of sp³-hybridized carbons (Fsp3) is 0.250. The average molecular weight is 489 g/mol. The van der Waals surface area contributed by atoms with E-state index < -0.39 is 0 Å². The summed E-state index contributed by atoms with van der Waals surface area (Å²) in [4.78, 5) is 16.3. The van der Waals surface area contributed by atoms with Crippen LogP contribution in [0.4, 0.5) is 0 Å². The quantitative estimate of drug-likeness (QED) is 0.321. The van der Waals surface area contributed by atoms with E-state index in [9.17, 15) is 9.90 Å². The van der Waals surface area contributed by atoms with Crippen molar-refractivity contribution in [3.8, 4) is 28.7 Å². The van der Waals surface area contributed by atoms with E-state index in [0.29, 0.717) is 35.8 Å². The summed E-state index contributed by atoms with van der Waals surface area (Å²) in [5.74, 6) is 2.10. The molecular formula is C28H28N2O6. The number of benzene rings is 3. The lowest BCUT2D eigenvalue weighted by Crippen LogP contribution is -2.27. The average Bonchev–Trinajstić information content (AvgIpc) is 3.53. The van der Waals surface area contributed by atoms with E-state index in [1.165, 1.54) is 6.07 Å². The summed E-state index contributed by atoms with van der Waals surface area (Å²) in [6.07, 6.45) is 2.78. The van der Waals surface area contributed by atoms with Gasteiger partial charge in [0.2, 0.25) is 12.7 Å². The van der Waals surface area contributed by atoms with E-state index >= 15 is 0 Å². The van der Waals surface area contributed by atoms with Crippen LogP contribution in [0.25, 0.3) is 10.9 Å². The minimum atomic E-state index is -0.386. The van der Waals surface area contributed by atoms with E-state index in [2.05, 4.69) is 10.3 Å².